The van der Waals surface area contributed by atoms with Crippen molar-refractivity contribution in [3.63, 3.8) is 0 Å². The zero-order chi connectivity index (χ0) is 32.2. The van der Waals surface area contributed by atoms with E-state index < -0.39 is 29.8 Å². The lowest BCUT2D eigenvalue weighted by molar-refractivity contribution is -0.274. The van der Waals surface area contributed by atoms with Crippen molar-refractivity contribution in [3.8, 4) is 5.75 Å². The lowest BCUT2D eigenvalue weighted by Crippen LogP contribution is -2.34. The molecule has 1 aromatic heterocycles. The third-order valence-electron chi connectivity index (χ3n) is 7.48. The Morgan fingerprint density at radius 2 is 1.75 bits per heavy atom. The third kappa shape index (κ3) is 8.99. The molecule has 0 amide bonds. The number of tetrazole rings is 1. The number of alkyl halides is 6. The van der Waals surface area contributed by atoms with Gasteiger partial charge in [0.15, 0.2) is 0 Å². The Morgan fingerprint density at radius 3 is 2.32 bits per heavy atom. The van der Waals surface area contributed by atoms with Crippen molar-refractivity contribution in [2.75, 3.05) is 22.9 Å². The van der Waals surface area contributed by atoms with Crippen LogP contribution in [0.2, 0.25) is 0 Å². The number of ether oxygens (including phenoxy) is 1. The Morgan fingerprint density at radius 1 is 1.05 bits per heavy atom. The molecule has 0 radical (unpaired) electrons. The number of anilines is 2. The summed E-state index contributed by atoms with van der Waals surface area (Å²) < 4.78 is 84.6. The average molecular weight is 693 g/mol. The molecule has 4 rings (SSSR count). The molecule has 44 heavy (non-hydrogen) atoms. The van der Waals surface area contributed by atoms with Gasteiger partial charge in [-0.3, -0.25) is 4.79 Å². The summed E-state index contributed by atoms with van der Waals surface area (Å²) >= 11 is 3.13. The molecule has 0 saturated heterocycles. The summed E-state index contributed by atoms with van der Waals surface area (Å²) in [6.07, 6.45) is -7.07. The fraction of sp³-hybridized carbons (Fsp3) is 0.500. The van der Waals surface area contributed by atoms with Crippen molar-refractivity contribution in [2.45, 2.75) is 58.2 Å². The van der Waals surface area contributed by atoms with E-state index in [-0.39, 0.29) is 40.9 Å². The molecule has 2 aromatic carbocycles. The van der Waals surface area contributed by atoms with E-state index in [4.69, 9.17) is 0 Å². The number of carbonyl (C=O) groups is 1. The van der Waals surface area contributed by atoms with Crippen molar-refractivity contribution in [3.05, 3.63) is 57.6 Å². The number of aliphatic carboxylic acids is 1. The zero-order valence-corrected chi connectivity index (χ0v) is 25.5. The van der Waals surface area contributed by atoms with E-state index in [1.807, 2.05) is 11.8 Å². The predicted molar refractivity (Wildman–Crippen MR) is 152 cm³/mol. The molecule has 1 saturated carbocycles. The van der Waals surface area contributed by atoms with Crippen LogP contribution in [0.1, 0.15) is 49.3 Å². The van der Waals surface area contributed by atoms with Gasteiger partial charge in [0.25, 0.3) is 5.95 Å². The zero-order valence-electron chi connectivity index (χ0n) is 23.9. The molecule has 0 bridgehead atoms. The van der Waals surface area contributed by atoms with Gasteiger partial charge in [0.1, 0.15) is 5.75 Å². The average Bonchev–Trinajstić information content (AvgIpc) is 3.36. The van der Waals surface area contributed by atoms with Gasteiger partial charge in [-0.25, -0.2) is 0 Å². The topological polar surface area (TPSA) is 96.6 Å². The first kappa shape index (κ1) is 33.3. The maximum atomic E-state index is 13.6. The molecule has 9 nitrogen and oxygen atoms in total. The first-order valence-corrected chi connectivity index (χ1v) is 14.6. The van der Waals surface area contributed by atoms with Crippen LogP contribution in [0.3, 0.4) is 0 Å². The first-order chi connectivity index (χ1) is 20.6. The number of carboxylic acid groups (broad SMARTS) is 1. The predicted octanol–water partition coefficient (Wildman–Crippen LogP) is 6.81. The van der Waals surface area contributed by atoms with Gasteiger partial charge in [-0.2, -0.15) is 18.0 Å². The monoisotopic (exact) mass is 692 g/mol. The van der Waals surface area contributed by atoms with E-state index in [2.05, 4.69) is 36.1 Å². The molecule has 1 N–H and O–H groups in total. The van der Waals surface area contributed by atoms with E-state index in [0.717, 1.165) is 12.1 Å². The van der Waals surface area contributed by atoms with Crippen molar-refractivity contribution in [2.24, 2.45) is 18.9 Å². The summed E-state index contributed by atoms with van der Waals surface area (Å²) in [7, 11) is 1.51. The normalized spacial score (nSPS) is 17.4. The smallest absolute Gasteiger partial charge is 0.481 e. The van der Waals surface area contributed by atoms with Crippen molar-refractivity contribution < 1.29 is 41.0 Å². The molecule has 0 spiro atoms. The van der Waals surface area contributed by atoms with Crippen LogP contribution in [0.5, 0.6) is 5.75 Å². The molecule has 3 aromatic rings. The van der Waals surface area contributed by atoms with E-state index in [1.165, 1.54) is 41.0 Å². The van der Waals surface area contributed by atoms with Gasteiger partial charge < -0.3 is 19.6 Å². The quantitative estimate of drug-likeness (QED) is 0.219. The minimum absolute atomic E-state index is 0.0594. The van der Waals surface area contributed by atoms with Gasteiger partial charge in [-0.1, -0.05) is 21.0 Å². The molecule has 1 heterocycles. The molecule has 240 valence electrons. The lowest BCUT2D eigenvalue weighted by Gasteiger charge is -2.34. The van der Waals surface area contributed by atoms with E-state index in [9.17, 15) is 36.2 Å². The Balaban J connectivity index is 1.69. The van der Waals surface area contributed by atoms with Gasteiger partial charge in [-0.15, -0.1) is 18.3 Å². The first-order valence-electron chi connectivity index (χ1n) is 13.8. The van der Waals surface area contributed by atoms with Crippen molar-refractivity contribution in [1.29, 1.82) is 0 Å². The second kappa shape index (κ2) is 13.6. The second-order valence-electron chi connectivity index (χ2n) is 10.7. The van der Waals surface area contributed by atoms with Crippen LogP contribution < -0.4 is 14.5 Å². The second-order valence-corrected chi connectivity index (χ2v) is 11.6. The van der Waals surface area contributed by atoms with Crippen LogP contribution >= 0.6 is 15.9 Å². The van der Waals surface area contributed by atoms with Gasteiger partial charge in [0.05, 0.1) is 18.5 Å². The highest BCUT2D eigenvalue weighted by atomic mass is 79.9. The standard InChI is InChI=1S/C28H31BrF6N6O3/c1-3-40(14-17-4-6-19(7-5-17)25(42)43)24-9-8-23(44-28(33,34)35)12-20(24)16-41(26-36-38-39(2)37-26)15-18-10-21(27(30,31)32)13-22(29)11-18/h8-13,17,19H,3-7,14-16H2,1-2H3,(H,42,43). The highest BCUT2D eigenvalue weighted by molar-refractivity contribution is 9.10. The summed E-state index contributed by atoms with van der Waals surface area (Å²) in [6.45, 7) is 2.72. The summed E-state index contributed by atoms with van der Waals surface area (Å²) in [5.74, 6) is -1.43. The molecule has 0 unspecified atom stereocenters. The Bertz CT molecular complexity index is 1440. The number of nitrogens with zero attached hydrogens (tertiary/aromatic N) is 6. The van der Waals surface area contributed by atoms with Crippen LogP contribution in [0.25, 0.3) is 0 Å². The number of hydrogen-bond donors (Lipinski definition) is 1. The van der Waals surface area contributed by atoms with E-state index >= 15 is 0 Å². The van der Waals surface area contributed by atoms with Crippen LogP contribution in [0.4, 0.5) is 38.0 Å². The van der Waals surface area contributed by atoms with Crippen LogP contribution in [-0.4, -0.2) is 50.7 Å². The molecule has 1 fully saturated rings. The lowest BCUT2D eigenvalue weighted by atomic mass is 9.81. The molecule has 16 heteroatoms. The number of benzene rings is 2. The van der Waals surface area contributed by atoms with Gasteiger partial charge >= 0.3 is 18.5 Å². The number of carboxylic acids is 1. The van der Waals surface area contributed by atoms with Gasteiger partial charge in [0, 0.05) is 36.3 Å². The molecule has 1 aliphatic carbocycles. The molecular formula is C28H31BrF6N6O3. The summed E-state index contributed by atoms with van der Waals surface area (Å²) in [5, 5.41) is 21.4. The summed E-state index contributed by atoms with van der Waals surface area (Å²) in [4.78, 5) is 16.1. The number of halogens is 7. The Hall–Kier alpha value is -3.56. The van der Waals surface area contributed by atoms with Gasteiger partial charge in [-0.05, 0) is 91.3 Å². The van der Waals surface area contributed by atoms with Gasteiger partial charge in [0.2, 0.25) is 0 Å². The van der Waals surface area contributed by atoms with Crippen LogP contribution in [0, 0.1) is 11.8 Å². The highest BCUT2D eigenvalue weighted by Crippen LogP contribution is 2.36. The maximum absolute atomic E-state index is 13.6. The number of hydrogen-bond acceptors (Lipinski definition) is 7. The molecule has 0 atom stereocenters. The summed E-state index contributed by atoms with van der Waals surface area (Å²) in [6, 6.07) is 7.43. The number of rotatable bonds is 11. The summed E-state index contributed by atoms with van der Waals surface area (Å²) in [5.41, 5.74) is 0.378. The fourth-order valence-electron chi connectivity index (χ4n) is 5.42. The van der Waals surface area contributed by atoms with E-state index in [0.29, 0.717) is 50.0 Å². The Kier molecular flexibility index (Phi) is 10.3. The molecular weight excluding hydrogens is 662 g/mol. The SMILES string of the molecule is CCN(CC1CCC(C(=O)O)CC1)c1ccc(OC(F)(F)F)cc1CN(Cc1cc(Br)cc(C(F)(F)F)c1)c1nnn(C)n1. The molecule has 1 aliphatic rings. The largest absolute Gasteiger partial charge is 0.573 e. The third-order valence-corrected chi connectivity index (χ3v) is 7.94. The number of aromatic nitrogens is 4. The minimum Gasteiger partial charge on any atom is -0.481 e. The molecule has 0 aliphatic heterocycles. The fourth-order valence-corrected chi connectivity index (χ4v) is 5.97. The van der Waals surface area contributed by atoms with E-state index in [1.54, 1.807) is 0 Å². The van der Waals surface area contributed by atoms with Crippen molar-refractivity contribution >= 4 is 33.5 Å². The van der Waals surface area contributed by atoms with Crippen molar-refractivity contribution in [1.82, 2.24) is 20.2 Å². The maximum Gasteiger partial charge on any atom is 0.573 e. The van der Waals surface area contributed by atoms with Crippen LogP contribution in [-0.2, 0) is 31.1 Å². The number of aryl methyl sites for hydroxylation is 1. The highest BCUT2D eigenvalue weighted by Gasteiger charge is 2.33. The Labute approximate surface area is 257 Å². The van der Waals surface area contributed by atoms with Crippen LogP contribution in [0.15, 0.2) is 40.9 Å². The minimum atomic E-state index is -4.94.